The second-order valence-corrected chi connectivity index (χ2v) is 5.25. The van der Waals surface area contributed by atoms with Crippen molar-refractivity contribution in [3.8, 4) is 0 Å². The van der Waals surface area contributed by atoms with E-state index in [2.05, 4.69) is 5.10 Å². The number of pyridine rings is 1. The van der Waals surface area contributed by atoms with Gasteiger partial charge in [0, 0.05) is 24.1 Å². The average Bonchev–Trinajstić information content (AvgIpc) is 2.72. The summed E-state index contributed by atoms with van der Waals surface area (Å²) < 4.78 is 17.1. The average molecular weight is 285 g/mol. The third-order valence-electron chi connectivity index (χ3n) is 3.73. The van der Waals surface area contributed by atoms with Crippen LogP contribution in [0, 0.1) is 19.7 Å². The maximum Gasteiger partial charge on any atom is 0.252 e. The van der Waals surface area contributed by atoms with Gasteiger partial charge < -0.3 is 0 Å². The summed E-state index contributed by atoms with van der Waals surface area (Å²) in [5, 5.41) is 5.33. The molecule has 4 nitrogen and oxygen atoms in total. The predicted octanol–water partition coefficient (Wildman–Crippen LogP) is 2.54. The molecule has 0 unspecified atom stereocenters. The summed E-state index contributed by atoms with van der Waals surface area (Å²) in [5.41, 5.74) is 2.83. The number of fused-ring (bicyclic) bond motifs is 1. The highest BCUT2D eigenvalue weighted by Crippen LogP contribution is 2.20. The van der Waals surface area contributed by atoms with Gasteiger partial charge in [0.05, 0.1) is 12.2 Å². The number of hydrogen-bond donors (Lipinski definition) is 0. The predicted molar refractivity (Wildman–Crippen MR) is 80.0 cm³/mol. The third-order valence-corrected chi connectivity index (χ3v) is 3.73. The zero-order chi connectivity index (χ0) is 15.1. The van der Waals surface area contributed by atoms with Crippen molar-refractivity contribution < 1.29 is 4.39 Å². The van der Waals surface area contributed by atoms with Crippen LogP contribution < -0.4 is 5.56 Å². The normalized spacial score (nSPS) is 11.2. The van der Waals surface area contributed by atoms with Crippen LogP contribution in [0.5, 0.6) is 0 Å². The van der Waals surface area contributed by atoms with Crippen molar-refractivity contribution in [3.63, 3.8) is 0 Å². The Kier molecular flexibility index (Phi) is 3.12. The molecule has 0 spiro atoms. The Morgan fingerprint density at radius 2 is 1.95 bits per heavy atom. The van der Waals surface area contributed by atoms with Crippen LogP contribution in [0.25, 0.3) is 11.0 Å². The number of hydrogen-bond acceptors (Lipinski definition) is 2. The Hall–Kier alpha value is -2.43. The van der Waals surface area contributed by atoms with E-state index in [9.17, 15) is 9.18 Å². The van der Waals surface area contributed by atoms with Crippen molar-refractivity contribution in [2.24, 2.45) is 7.05 Å². The second kappa shape index (κ2) is 4.84. The van der Waals surface area contributed by atoms with Crippen molar-refractivity contribution in [3.05, 3.63) is 63.3 Å². The maximum absolute atomic E-state index is 13.9. The largest absolute Gasteiger partial charge is 0.288 e. The van der Waals surface area contributed by atoms with Gasteiger partial charge in [-0.15, -0.1) is 0 Å². The quantitative estimate of drug-likeness (QED) is 0.726. The minimum absolute atomic E-state index is 0.147. The minimum Gasteiger partial charge on any atom is -0.288 e. The van der Waals surface area contributed by atoms with E-state index < -0.39 is 0 Å². The topological polar surface area (TPSA) is 39.8 Å². The number of aromatic nitrogens is 3. The molecule has 3 aromatic rings. The highest BCUT2D eigenvalue weighted by molar-refractivity contribution is 5.82. The van der Waals surface area contributed by atoms with E-state index in [1.807, 2.05) is 13.8 Å². The van der Waals surface area contributed by atoms with E-state index in [1.165, 1.54) is 6.07 Å². The summed E-state index contributed by atoms with van der Waals surface area (Å²) >= 11 is 0. The van der Waals surface area contributed by atoms with Gasteiger partial charge in [0.25, 0.3) is 5.56 Å². The smallest absolute Gasteiger partial charge is 0.252 e. The van der Waals surface area contributed by atoms with E-state index >= 15 is 0 Å². The van der Waals surface area contributed by atoms with Gasteiger partial charge in [-0.25, -0.2) is 4.39 Å². The molecule has 0 atom stereocenters. The Balaban J connectivity index is 2.28. The number of benzene rings is 1. The molecular formula is C16H16FN3O. The van der Waals surface area contributed by atoms with Crippen LogP contribution in [0.1, 0.15) is 16.8 Å². The lowest BCUT2D eigenvalue weighted by Crippen LogP contribution is -2.22. The number of aryl methyl sites for hydroxylation is 3. The fourth-order valence-electron chi connectivity index (χ4n) is 2.81. The van der Waals surface area contributed by atoms with Crippen LogP contribution in [0.2, 0.25) is 0 Å². The molecule has 0 aliphatic rings. The van der Waals surface area contributed by atoms with Gasteiger partial charge in [0.1, 0.15) is 11.5 Å². The molecule has 2 aromatic heterocycles. The molecular weight excluding hydrogens is 269 g/mol. The zero-order valence-electron chi connectivity index (χ0n) is 12.2. The first-order valence-electron chi connectivity index (χ1n) is 6.76. The van der Waals surface area contributed by atoms with E-state index in [0.717, 1.165) is 22.3 Å². The molecule has 0 saturated carbocycles. The third kappa shape index (κ3) is 2.14. The molecule has 108 valence electrons. The maximum atomic E-state index is 13.9. The SMILES string of the molecule is Cc1cc(=O)n(Cc2ccccc2F)c2c1c(C)nn2C. The molecule has 0 bridgehead atoms. The van der Waals surface area contributed by atoms with Crippen LogP contribution in [0.3, 0.4) is 0 Å². The lowest BCUT2D eigenvalue weighted by atomic mass is 10.1. The van der Waals surface area contributed by atoms with E-state index in [0.29, 0.717) is 5.56 Å². The van der Waals surface area contributed by atoms with Crippen LogP contribution in [-0.4, -0.2) is 14.3 Å². The summed E-state index contributed by atoms with van der Waals surface area (Å²) in [7, 11) is 1.80. The van der Waals surface area contributed by atoms with Gasteiger partial charge in [-0.3, -0.25) is 14.0 Å². The first-order chi connectivity index (χ1) is 9.99. The zero-order valence-corrected chi connectivity index (χ0v) is 12.2. The van der Waals surface area contributed by atoms with Crippen LogP contribution in [-0.2, 0) is 13.6 Å². The van der Waals surface area contributed by atoms with Crippen molar-refractivity contribution in [2.45, 2.75) is 20.4 Å². The second-order valence-electron chi connectivity index (χ2n) is 5.25. The molecule has 1 aromatic carbocycles. The molecule has 0 saturated heterocycles. The Morgan fingerprint density at radius 1 is 1.24 bits per heavy atom. The van der Waals surface area contributed by atoms with Gasteiger partial charge in [-0.1, -0.05) is 18.2 Å². The fraction of sp³-hybridized carbons (Fsp3) is 0.250. The van der Waals surface area contributed by atoms with Crippen molar-refractivity contribution in [1.29, 1.82) is 0 Å². The van der Waals surface area contributed by atoms with Gasteiger partial charge in [0.15, 0.2) is 0 Å². The first kappa shape index (κ1) is 13.5. The monoisotopic (exact) mass is 285 g/mol. The lowest BCUT2D eigenvalue weighted by Gasteiger charge is -2.11. The molecule has 5 heteroatoms. The lowest BCUT2D eigenvalue weighted by molar-refractivity contribution is 0.596. The van der Waals surface area contributed by atoms with Gasteiger partial charge >= 0.3 is 0 Å². The summed E-state index contributed by atoms with van der Waals surface area (Å²) in [6, 6.07) is 8.08. The molecule has 2 heterocycles. The van der Waals surface area contributed by atoms with Gasteiger partial charge in [-0.2, -0.15) is 5.10 Å². The van der Waals surface area contributed by atoms with Crippen molar-refractivity contribution in [2.75, 3.05) is 0 Å². The molecule has 21 heavy (non-hydrogen) atoms. The number of nitrogens with zero attached hydrogens (tertiary/aromatic N) is 3. The Labute approximate surface area is 121 Å². The standard InChI is InChI=1S/C16H16FN3O/c1-10-8-14(21)20(9-12-6-4-5-7-13(12)17)16-15(10)11(2)18-19(16)3/h4-8H,9H2,1-3H3. The molecule has 0 radical (unpaired) electrons. The number of halogens is 1. The van der Waals surface area contributed by atoms with E-state index in [1.54, 1.807) is 40.6 Å². The molecule has 3 rings (SSSR count). The highest BCUT2D eigenvalue weighted by atomic mass is 19.1. The summed E-state index contributed by atoms with van der Waals surface area (Å²) in [6.45, 7) is 4.00. The van der Waals surface area contributed by atoms with Gasteiger partial charge in [0.2, 0.25) is 0 Å². The molecule has 0 aliphatic heterocycles. The highest BCUT2D eigenvalue weighted by Gasteiger charge is 2.15. The molecule has 0 N–H and O–H groups in total. The molecule has 0 aliphatic carbocycles. The van der Waals surface area contributed by atoms with E-state index in [-0.39, 0.29) is 17.9 Å². The Bertz CT molecular complexity index is 892. The summed E-state index contributed by atoms with van der Waals surface area (Å²) in [4.78, 5) is 12.3. The van der Waals surface area contributed by atoms with Crippen molar-refractivity contribution >= 4 is 11.0 Å². The van der Waals surface area contributed by atoms with Crippen LogP contribution in [0.15, 0.2) is 35.1 Å². The van der Waals surface area contributed by atoms with Crippen molar-refractivity contribution in [1.82, 2.24) is 14.3 Å². The van der Waals surface area contributed by atoms with Crippen LogP contribution >= 0.6 is 0 Å². The summed E-state index contributed by atoms with van der Waals surface area (Å²) in [5.74, 6) is -0.308. The van der Waals surface area contributed by atoms with Gasteiger partial charge in [-0.05, 0) is 25.5 Å². The van der Waals surface area contributed by atoms with E-state index in [4.69, 9.17) is 0 Å². The minimum atomic E-state index is -0.308. The number of rotatable bonds is 2. The molecule has 0 amide bonds. The fourth-order valence-corrected chi connectivity index (χ4v) is 2.81. The van der Waals surface area contributed by atoms with Crippen LogP contribution in [0.4, 0.5) is 4.39 Å². The Morgan fingerprint density at radius 3 is 2.67 bits per heavy atom. The summed E-state index contributed by atoms with van der Waals surface area (Å²) in [6.07, 6.45) is 0. The molecule has 0 fully saturated rings. The first-order valence-corrected chi connectivity index (χ1v) is 6.76.